The molecule has 2 heterocycles. The summed E-state index contributed by atoms with van der Waals surface area (Å²) in [6.07, 6.45) is -3.00. The highest BCUT2D eigenvalue weighted by Crippen LogP contribution is 2.31. The van der Waals surface area contributed by atoms with Gasteiger partial charge in [-0.2, -0.15) is 0 Å². The lowest BCUT2D eigenvalue weighted by atomic mass is 10.2. The van der Waals surface area contributed by atoms with E-state index in [1.54, 1.807) is 0 Å². The second kappa shape index (κ2) is 6.08. The third-order valence-corrected chi connectivity index (χ3v) is 3.18. The summed E-state index contributed by atoms with van der Waals surface area (Å²) in [6.45, 7) is -1.21. The Labute approximate surface area is 116 Å². The summed E-state index contributed by atoms with van der Waals surface area (Å²) in [5.41, 5.74) is 6.48. The molecule has 4 N–H and O–H groups in total. The van der Waals surface area contributed by atoms with Crippen molar-refractivity contribution in [1.29, 1.82) is 0 Å². The number of hydrogen-bond acceptors (Lipinski definition) is 7. The lowest BCUT2D eigenvalue weighted by Crippen LogP contribution is -2.35. The van der Waals surface area contributed by atoms with Crippen LogP contribution in [-0.2, 0) is 11.3 Å². The molecular formula is C10H13N5O6. The highest BCUT2D eigenvalue weighted by Gasteiger charge is 2.36. The number of hydrogen-bond donors (Lipinski definition) is 4. The normalized spacial score (nSPS) is 24.8. The summed E-state index contributed by atoms with van der Waals surface area (Å²) in [4.78, 5) is 28.0. The summed E-state index contributed by atoms with van der Waals surface area (Å²) >= 11 is 0. The largest absolute Gasteiger partial charge is 0.394 e. The number of aliphatic hydroxyl groups excluding tert-OH is 3. The molecule has 1 aliphatic heterocycles. The monoisotopic (exact) mass is 299 g/mol. The minimum atomic E-state index is -1.03. The van der Waals surface area contributed by atoms with Gasteiger partial charge in [-0.15, -0.1) is 0 Å². The Morgan fingerprint density at radius 1 is 1.48 bits per heavy atom. The van der Waals surface area contributed by atoms with E-state index >= 15 is 0 Å². The Morgan fingerprint density at radius 2 is 2.19 bits per heavy atom. The van der Waals surface area contributed by atoms with Gasteiger partial charge in [-0.1, -0.05) is 0 Å². The number of aliphatic hydroxyl groups is 3. The van der Waals surface area contributed by atoms with Crippen LogP contribution in [0.5, 0.6) is 0 Å². The zero-order valence-corrected chi connectivity index (χ0v) is 10.7. The predicted molar refractivity (Wildman–Crippen MR) is 67.7 cm³/mol. The average molecular weight is 299 g/mol. The van der Waals surface area contributed by atoms with Crippen molar-refractivity contribution in [1.82, 2.24) is 9.55 Å². The van der Waals surface area contributed by atoms with Crippen molar-refractivity contribution in [3.8, 4) is 0 Å². The molecule has 0 amide bonds. The molecule has 1 fully saturated rings. The fourth-order valence-electron chi connectivity index (χ4n) is 2.17. The highest BCUT2D eigenvalue weighted by molar-refractivity contribution is 5.37. The number of rotatable bonds is 4. The number of azide groups is 1. The molecule has 0 saturated carbocycles. The Balaban J connectivity index is 2.61. The zero-order valence-electron chi connectivity index (χ0n) is 10.7. The third kappa shape index (κ3) is 2.68. The molecule has 0 bridgehead atoms. The zero-order chi connectivity index (χ0) is 15.6. The van der Waals surface area contributed by atoms with Crippen molar-refractivity contribution in [3.05, 3.63) is 36.8 Å². The van der Waals surface area contributed by atoms with E-state index in [1.165, 1.54) is 0 Å². The lowest BCUT2D eigenvalue weighted by Gasteiger charge is -2.18. The summed E-state index contributed by atoms with van der Waals surface area (Å²) < 4.78 is 6.13. The van der Waals surface area contributed by atoms with Crippen molar-refractivity contribution >= 4 is 5.82 Å². The first-order valence-electron chi connectivity index (χ1n) is 6.01. The quantitative estimate of drug-likeness (QED) is 0.302. The lowest BCUT2D eigenvalue weighted by molar-refractivity contribution is -0.0454. The Hall–Kier alpha value is -2.17. The van der Waals surface area contributed by atoms with Crippen LogP contribution in [0.15, 0.2) is 14.7 Å². The number of aromatic nitrogens is 2. The van der Waals surface area contributed by atoms with Crippen LogP contribution in [0.3, 0.4) is 0 Å². The third-order valence-electron chi connectivity index (χ3n) is 3.18. The second-order valence-corrected chi connectivity index (χ2v) is 4.39. The molecular weight excluding hydrogens is 286 g/mol. The number of H-pyrrole nitrogens is 1. The van der Waals surface area contributed by atoms with E-state index in [1.807, 2.05) is 4.98 Å². The first-order chi connectivity index (χ1) is 10.0. The van der Waals surface area contributed by atoms with E-state index in [0.29, 0.717) is 0 Å². The summed E-state index contributed by atoms with van der Waals surface area (Å²) in [7, 11) is 0. The maximum atomic E-state index is 11.9. The fourth-order valence-corrected chi connectivity index (χ4v) is 2.17. The molecule has 2 rings (SSSR count). The molecule has 0 radical (unpaired) electrons. The van der Waals surface area contributed by atoms with Crippen LogP contribution in [0.25, 0.3) is 10.4 Å². The van der Waals surface area contributed by atoms with E-state index in [9.17, 15) is 19.8 Å². The van der Waals surface area contributed by atoms with Gasteiger partial charge in [0.05, 0.1) is 24.9 Å². The minimum Gasteiger partial charge on any atom is -0.394 e. The van der Waals surface area contributed by atoms with Gasteiger partial charge in [-0.3, -0.25) is 14.3 Å². The van der Waals surface area contributed by atoms with E-state index in [0.717, 1.165) is 4.57 Å². The smallest absolute Gasteiger partial charge is 0.330 e. The Kier molecular flexibility index (Phi) is 4.40. The maximum absolute atomic E-state index is 11.9. The first kappa shape index (κ1) is 15.2. The predicted octanol–water partition coefficient (Wildman–Crippen LogP) is -1.39. The van der Waals surface area contributed by atoms with E-state index in [-0.39, 0.29) is 17.8 Å². The molecule has 1 aliphatic rings. The van der Waals surface area contributed by atoms with Crippen LogP contribution in [0.1, 0.15) is 18.2 Å². The van der Waals surface area contributed by atoms with Gasteiger partial charge in [0, 0.05) is 11.3 Å². The SMILES string of the molecule is [N-]=[N+]=Nc1c(CO)c(=O)[nH]c(=O)n1[C@H]1C[C@H](O)[C@@H](CO)O1. The van der Waals surface area contributed by atoms with E-state index in [2.05, 4.69) is 10.0 Å². The highest BCUT2D eigenvalue weighted by atomic mass is 16.5. The van der Waals surface area contributed by atoms with Gasteiger partial charge >= 0.3 is 5.69 Å². The average Bonchev–Trinajstić information content (AvgIpc) is 2.80. The number of nitrogens with zero attached hydrogens (tertiary/aromatic N) is 4. The molecule has 21 heavy (non-hydrogen) atoms. The summed E-state index contributed by atoms with van der Waals surface area (Å²) in [5.74, 6) is -0.385. The van der Waals surface area contributed by atoms with E-state index < -0.39 is 42.9 Å². The van der Waals surface area contributed by atoms with Gasteiger partial charge < -0.3 is 20.1 Å². The van der Waals surface area contributed by atoms with Crippen LogP contribution in [0.4, 0.5) is 5.82 Å². The van der Waals surface area contributed by atoms with Gasteiger partial charge in [0.15, 0.2) is 0 Å². The van der Waals surface area contributed by atoms with Gasteiger partial charge in [-0.05, 0) is 10.6 Å². The molecule has 1 aromatic heterocycles. The summed E-state index contributed by atoms with van der Waals surface area (Å²) in [5, 5.41) is 31.2. The van der Waals surface area contributed by atoms with Gasteiger partial charge in [0.1, 0.15) is 18.1 Å². The Morgan fingerprint density at radius 3 is 2.71 bits per heavy atom. The van der Waals surface area contributed by atoms with Gasteiger partial charge in [-0.25, -0.2) is 4.79 Å². The maximum Gasteiger partial charge on any atom is 0.330 e. The van der Waals surface area contributed by atoms with E-state index in [4.69, 9.17) is 15.4 Å². The van der Waals surface area contributed by atoms with Crippen molar-refractivity contribution in [2.75, 3.05) is 6.61 Å². The molecule has 0 spiro atoms. The van der Waals surface area contributed by atoms with Crippen molar-refractivity contribution in [2.45, 2.75) is 31.5 Å². The molecule has 0 aromatic carbocycles. The molecule has 114 valence electrons. The Bertz CT molecular complexity index is 690. The van der Waals surface area contributed by atoms with Crippen molar-refractivity contribution in [3.63, 3.8) is 0 Å². The summed E-state index contributed by atoms with van der Waals surface area (Å²) in [6, 6.07) is 0. The molecule has 11 heteroatoms. The topological polar surface area (TPSA) is 174 Å². The molecule has 1 aromatic rings. The van der Waals surface area contributed by atoms with Crippen LogP contribution < -0.4 is 11.2 Å². The molecule has 11 nitrogen and oxygen atoms in total. The first-order valence-corrected chi connectivity index (χ1v) is 6.01. The standard InChI is InChI=1S/C10H13N5O6/c11-14-13-8-4(2-16)9(19)12-10(20)15(8)7-1-5(18)6(3-17)21-7/h5-7,16-18H,1-3H2,(H,12,19,20)/t5-,6+,7+/m0/s1. The number of ether oxygens (including phenoxy) is 1. The second-order valence-electron chi connectivity index (χ2n) is 4.39. The number of nitrogens with one attached hydrogen (secondary N) is 1. The van der Waals surface area contributed by atoms with Crippen LogP contribution in [0.2, 0.25) is 0 Å². The van der Waals surface area contributed by atoms with Gasteiger partial charge in [0.25, 0.3) is 5.56 Å². The molecule has 0 aliphatic carbocycles. The van der Waals surface area contributed by atoms with Gasteiger partial charge in [0.2, 0.25) is 0 Å². The van der Waals surface area contributed by atoms with Crippen molar-refractivity contribution < 1.29 is 20.1 Å². The van der Waals surface area contributed by atoms with Crippen molar-refractivity contribution in [2.24, 2.45) is 5.11 Å². The van der Waals surface area contributed by atoms with Crippen LogP contribution in [0, 0.1) is 0 Å². The van der Waals surface area contributed by atoms with Crippen LogP contribution in [-0.4, -0.2) is 43.7 Å². The number of aromatic amines is 1. The minimum absolute atomic E-state index is 0.0456. The molecule has 1 saturated heterocycles. The fraction of sp³-hybridized carbons (Fsp3) is 0.600. The molecule has 3 atom stereocenters. The van der Waals surface area contributed by atoms with Crippen LogP contribution >= 0.6 is 0 Å². The molecule has 0 unspecified atom stereocenters.